The molecule has 2 aliphatic heterocycles. The van der Waals surface area contributed by atoms with Gasteiger partial charge in [-0.15, -0.1) is 0 Å². The van der Waals surface area contributed by atoms with Crippen LogP contribution in [0.4, 0.5) is 0 Å². The predicted octanol–water partition coefficient (Wildman–Crippen LogP) is 1.37. The lowest BCUT2D eigenvalue weighted by Gasteiger charge is -2.26. The highest BCUT2D eigenvalue weighted by Crippen LogP contribution is 2.17. The first kappa shape index (κ1) is 7.22. The Balaban J connectivity index is 2.26. The Kier molecular flexibility index (Phi) is 1.74. The zero-order valence-electron chi connectivity index (χ0n) is 7.12. The van der Waals surface area contributed by atoms with Crippen LogP contribution in [0.3, 0.4) is 0 Å². The number of fused-ring (bicyclic) bond motifs is 1. The van der Waals surface area contributed by atoms with Crippen molar-refractivity contribution in [3.63, 3.8) is 0 Å². The maximum Gasteiger partial charge on any atom is 0.0429 e. The van der Waals surface area contributed by atoms with E-state index in [1.165, 1.54) is 11.4 Å². The number of hydrogen-bond donors (Lipinski definition) is 1. The Bertz CT molecular complexity index is 295. The Morgan fingerprint density at radius 2 is 2.33 bits per heavy atom. The molecule has 62 valence electrons. The largest absolute Gasteiger partial charge is 0.388 e. The molecule has 2 heterocycles. The topological polar surface area (TPSA) is 15.3 Å². The van der Waals surface area contributed by atoms with Crippen LogP contribution in [0.1, 0.15) is 0 Å². The summed E-state index contributed by atoms with van der Waals surface area (Å²) in [6.07, 6.45) is 12.6. The van der Waals surface area contributed by atoms with Gasteiger partial charge < -0.3 is 10.2 Å². The summed E-state index contributed by atoms with van der Waals surface area (Å²) in [4.78, 5) is 2.21. The van der Waals surface area contributed by atoms with Crippen molar-refractivity contribution in [2.75, 3.05) is 13.6 Å². The molecule has 0 spiro atoms. The zero-order valence-corrected chi connectivity index (χ0v) is 7.12. The van der Waals surface area contributed by atoms with E-state index in [0.717, 1.165) is 6.54 Å². The SMILES string of the molecule is CNC1=CCN2C=CC=CC2=C1. The fourth-order valence-electron chi connectivity index (χ4n) is 1.38. The van der Waals surface area contributed by atoms with Crippen LogP contribution in [0.5, 0.6) is 0 Å². The zero-order chi connectivity index (χ0) is 8.39. The molecule has 2 heteroatoms. The van der Waals surface area contributed by atoms with Crippen molar-refractivity contribution in [2.45, 2.75) is 0 Å². The van der Waals surface area contributed by atoms with Crippen molar-refractivity contribution in [3.05, 3.63) is 48.0 Å². The van der Waals surface area contributed by atoms with Gasteiger partial charge in [0.25, 0.3) is 0 Å². The van der Waals surface area contributed by atoms with E-state index >= 15 is 0 Å². The van der Waals surface area contributed by atoms with Crippen LogP contribution < -0.4 is 5.32 Å². The van der Waals surface area contributed by atoms with E-state index in [0.29, 0.717) is 0 Å². The molecule has 0 atom stereocenters. The second-order valence-electron chi connectivity index (χ2n) is 2.83. The van der Waals surface area contributed by atoms with Crippen LogP contribution in [-0.2, 0) is 0 Å². The molecule has 2 aliphatic rings. The molecule has 0 aromatic rings. The van der Waals surface area contributed by atoms with Gasteiger partial charge in [-0.05, 0) is 24.3 Å². The van der Waals surface area contributed by atoms with E-state index in [4.69, 9.17) is 0 Å². The van der Waals surface area contributed by atoms with E-state index in [9.17, 15) is 0 Å². The third-order valence-electron chi connectivity index (χ3n) is 2.08. The maximum atomic E-state index is 3.14. The molecule has 0 unspecified atom stereocenters. The number of rotatable bonds is 1. The first-order valence-corrected chi connectivity index (χ1v) is 4.11. The number of allylic oxidation sites excluding steroid dienone is 4. The van der Waals surface area contributed by atoms with Crippen molar-refractivity contribution >= 4 is 0 Å². The van der Waals surface area contributed by atoms with E-state index in [1.807, 2.05) is 7.05 Å². The van der Waals surface area contributed by atoms with Gasteiger partial charge >= 0.3 is 0 Å². The van der Waals surface area contributed by atoms with E-state index in [-0.39, 0.29) is 0 Å². The average Bonchev–Trinajstić information content (AvgIpc) is 2.17. The summed E-state index contributed by atoms with van der Waals surface area (Å²) in [5, 5.41) is 3.14. The summed E-state index contributed by atoms with van der Waals surface area (Å²) >= 11 is 0. The molecular weight excluding hydrogens is 148 g/mol. The van der Waals surface area contributed by atoms with Gasteiger partial charge in [0.2, 0.25) is 0 Å². The Morgan fingerprint density at radius 1 is 1.42 bits per heavy atom. The van der Waals surface area contributed by atoms with Gasteiger partial charge in [-0.3, -0.25) is 0 Å². The minimum Gasteiger partial charge on any atom is -0.388 e. The lowest BCUT2D eigenvalue weighted by Crippen LogP contribution is -2.23. The van der Waals surface area contributed by atoms with Crippen LogP contribution in [0, 0.1) is 0 Å². The number of hydrogen-bond acceptors (Lipinski definition) is 2. The van der Waals surface area contributed by atoms with Gasteiger partial charge in [0, 0.05) is 31.2 Å². The molecule has 0 aliphatic carbocycles. The fourth-order valence-corrected chi connectivity index (χ4v) is 1.38. The van der Waals surface area contributed by atoms with Gasteiger partial charge in [0.05, 0.1) is 0 Å². The molecule has 0 radical (unpaired) electrons. The maximum absolute atomic E-state index is 3.14. The molecule has 0 aromatic carbocycles. The monoisotopic (exact) mass is 160 g/mol. The van der Waals surface area contributed by atoms with Crippen molar-refractivity contribution < 1.29 is 0 Å². The van der Waals surface area contributed by atoms with E-state index < -0.39 is 0 Å². The first-order valence-electron chi connectivity index (χ1n) is 4.11. The quantitative estimate of drug-likeness (QED) is 0.623. The summed E-state index contributed by atoms with van der Waals surface area (Å²) in [5.74, 6) is 0. The third-order valence-corrected chi connectivity index (χ3v) is 2.08. The smallest absolute Gasteiger partial charge is 0.0429 e. The second kappa shape index (κ2) is 2.89. The van der Waals surface area contributed by atoms with Gasteiger partial charge in [-0.25, -0.2) is 0 Å². The van der Waals surface area contributed by atoms with Crippen molar-refractivity contribution in [2.24, 2.45) is 0 Å². The minimum absolute atomic E-state index is 0.961. The standard InChI is InChI=1S/C10H12N2/c1-11-9-5-7-12-6-3-2-4-10(12)8-9/h2-6,8,11H,7H2,1H3. The molecule has 1 N–H and O–H groups in total. The van der Waals surface area contributed by atoms with Gasteiger partial charge in [0.1, 0.15) is 0 Å². The number of likely N-dealkylation sites (N-methyl/N-ethyl adjacent to an activating group) is 1. The Morgan fingerprint density at radius 3 is 3.17 bits per heavy atom. The summed E-state index contributed by atoms with van der Waals surface area (Å²) < 4.78 is 0. The van der Waals surface area contributed by atoms with Crippen LogP contribution in [0.25, 0.3) is 0 Å². The highest BCUT2D eigenvalue weighted by Gasteiger charge is 2.09. The van der Waals surface area contributed by atoms with E-state index in [2.05, 4.69) is 46.8 Å². The minimum atomic E-state index is 0.961. The molecule has 0 bridgehead atoms. The van der Waals surface area contributed by atoms with Crippen molar-refractivity contribution in [1.29, 1.82) is 0 Å². The summed E-state index contributed by atoms with van der Waals surface area (Å²) in [7, 11) is 1.95. The van der Waals surface area contributed by atoms with Crippen molar-refractivity contribution in [3.8, 4) is 0 Å². The van der Waals surface area contributed by atoms with Gasteiger partial charge in [-0.2, -0.15) is 0 Å². The lowest BCUT2D eigenvalue weighted by molar-refractivity contribution is 0.517. The van der Waals surface area contributed by atoms with Crippen LogP contribution in [-0.4, -0.2) is 18.5 Å². The molecular formula is C10H12N2. The summed E-state index contributed by atoms with van der Waals surface area (Å²) in [6.45, 7) is 0.961. The fraction of sp³-hybridized carbons (Fsp3) is 0.200. The average molecular weight is 160 g/mol. The third kappa shape index (κ3) is 1.16. The first-order chi connectivity index (χ1) is 5.90. The highest BCUT2D eigenvalue weighted by atomic mass is 15.1. The lowest BCUT2D eigenvalue weighted by atomic mass is 10.1. The highest BCUT2D eigenvalue weighted by molar-refractivity contribution is 5.37. The summed E-state index contributed by atoms with van der Waals surface area (Å²) in [5.41, 5.74) is 2.45. The predicted molar refractivity (Wildman–Crippen MR) is 50.2 cm³/mol. The van der Waals surface area contributed by atoms with Crippen LogP contribution in [0.15, 0.2) is 48.0 Å². The Hall–Kier alpha value is -1.44. The molecule has 0 saturated carbocycles. The number of nitrogens with one attached hydrogen (secondary N) is 1. The van der Waals surface area contributed by atoms with E-state index in [1.54, 1.807) is 0 Å². The normalized spacial score (nSPS) is 19.9. The second-order valence-corrected chi connectivity index (χ2v) is 2.83. The van der Waals surface area contributed by atoms with Crippen molar-refractivity contribution in [1.82, 2.24) is 10.2 Å². The molecule has 0 amide bonds. The van der Waals surface area contributed by atoms with Crippen LogP contribution in [0.2, 0.25) is 0 Å². The van der Waals surface area contributed by atoms with Crippen LogP contribution >= 0.6 is 0 Å². The summed E-state index contributed by atoms with van der Waals surface area (Å²) in [6, 6.07) is 0. The number of nitrogens with zero attached hydrogens (tertiary/aromatic N) is 1. The molecule has 2 nitrogen and oxygen atoms in total. The molecule has 0 aromatic heterocycles. The molecule has 2 rings (SSSR count). The Labute approximate surface area is 72.6 Å². The molecule has 0 saturated heterocycles. The van der Waals surface area contributed by atoms with Gasteiger partial charge in [-0.1, -0.05) is 6.08 Å². The molecule has 12 heavy (non-hydrogen) atoms. The molecule has 0 fully saturated rings. The van der Waals surface area contributed by atoms with Gasteiger partial charge in [0.15, 0.2) is 0 Å².